The quantitative estimate of drug-likeness (QED) is 0.622. The number of carbonyl (C=O) groups excluding carboxylic acids is 1. The highest BCUT2D eigenvalue weighted by molar-refractivity contribution is 6.67. The second kappa shape index (κ2) is 5.46. The summed E-state index contributed by atoms with van der Waals surface area (Å²) in [6, 6.07) is 0. The summed E-state index contributed by atoms with van der Waals surface area (Å²) in [5.74, 6) is -0.323. The third kappa shape index (κ3) is 2.76. The molecular weight excluding hydrogens is 219 g/mol. The van der Waals surface area contributed by atoms with Gasteiger partial charge >= 0.3 is 0 Å². The molecule has 0 amide bonds. The lowest BCUT2D eigenvalue weighted by atomic mass is 9.99. The van der Waals surface area contributed by atoms with Crippen molar-refractivity contribution in [3.8, 4) is 0 Å². The van der Waals surface area contributed by atoms with Gasteiger partial charge in [0.25, 0.3) is 5.24 Å². The molecule has 0 fully saturated rings. The van der Waals surface area contributed by atoms with Crippen LogP contribution < -0.4 is 0 Å². The first-order valence-electron chi connectivity index (χ1n) is 4.32. The fourth-order valence-corrected chi connectivity index (χ4v) is 1.44. The number of allylic oxidation sites excluding steroid dienone is 2. The van der Waals surface area contributed by atoms with Crippen LogP contribution in [0.4, 0.5) is 4.39 Å². The van der Waals surface area contributed by atoms with E-state index in [4.69, 9.17) is 11.6 Å². The van der Waals surface area contributed by atoms with Crippen molar-refractivity contribution >= 4 is 16.8 Å². The van der Waals surface area contributed by atoms with Crippen LogP contribution in [0.3, 0.4) is 0 Å². The Kier molecular flexibility index (Phi) is 4.24. The number of nitrogens with zero attached hydrogens (tertiary/aromatic N) is 1. The van der Waals surface area contributed by atoms with Crippen LogP contribution in [0.25, 0.3) is 0 Å². The van der Waals surface area contributed by atoms with Gasteiger partial charge in [-0.2, -0.15) is 5.10 Å². The van der Waals surface area contributed by atoms with Crippen molar-refractivity contribution in [1.82, 2.24) is 10.2 Å². The van der Waals surface area contributed by atoms with E-state index in [0.29, 0.717) is 18.4 Å². The van der Waals surface area contributed by atoms with E-state index in [0.717, 1.165) is 0 Å². The van der Waals surface area contributed by atoms with Crippen LogP contribution >= 0.6 is 11.6 Å². The lowest BCUT2D eigenvalue weighted by Crippen LogP contribution is -2.01. The molecule has 0 aliphatic carbocycles. The maximum atomic E-state index is 12.1. The number of hydrogen-bond acceptors (Lipinski definition) is 2. The maximum absolute atomic E-state index is 12.1. The zero-order valence-electron chi connectivity index (χ0n) is 7.91. The summed E-state index contributed by atoms with van der Waals surface area (Å²) in [7, 11) is 0. The zero-order chi connectivity index (χ0) is 11.3. The van der Waals surface area contributed by atoms with E-state index in [1.54, 1.807) is 6.08 Å². The van der Waals surface area contributed by atoms with E-state index in [1.807, 2.05) is 0 Å². The number of nitrogens with one attached hydrogen (secondary N) is 1. The summed E-state index contributed by atoms with van der Waals surface area (Å²) in [6.07, 6.45) is 5.24. The van der Waals surface area contributed by atoms with Crippen LogP contribution in [-0.2, 0) is 0 Å². The van der Waals surface area contributed by atoms with Crippen molar-refractivity contribution in [3.05, 3.63) is 42.5 Å². The fraction of sp³-hybridized carbons (Fsp3) is 0.200. The van der Waals surface area contributed by atoms with E-state index in [2.05, 4.69) is 16.8 Å². The topological polar surface area (TPSA) is 45.8 Å². The second-order valence-corrected chi connectivity index (χ2v) is 3.25. The Balaban J connectivity index is 3.04. The number of rotatable bonds is 5. The van der Waals surface area contributed by atoms with Gasteiger partial charge in [0, 0.05) is 12.1 Å². The largest absolute Gasteiger partial charge is 0.285 e. The Morgan fingerprint density at radius 2 is 2.53 bits per heavy atom. The maximum Gasteiger partial charge on any atom is 0.255 e. The normalized spacial score (nSPS) is 12.9. The molecule has 0 saturated carbocycles. The molecule has 1 rings (SSSR count). The van der Waals surface area contributed by atoms with Gasteiger partial charge in [0.2, 0.25) is 0 Å². The molecule has 0 bridgehead atoms. The molecule has 0 spiro atoms. The van der Waals surface area contributed by atoms with Crippen molar-refractivity contribution in [2.24, 2.45) is 0 Å². The number of aromatic amines is 1. The van der Waals surface area contributed by atoms with Gasteiger partial charge in [0.1, 0.15) is 0 Å². The molecule has 3 nitrogen and oxygen atoms in total. The molecule has 1 N–H and O–H groups in total. The van der Waals surface area contributed by atoms with Gasteiger partial charge in [0.15, 0.2) is 0 Å². The molecule has 15 heavy (non-hydrogen) atoms. The highest BCUT2D eigenvalue weighted by Gasteiger charge is 2.18. The summed E-state index contributed by atoms with van der Waals surface area (Å²) >= 11 is 5.35. The third-order valence-corrected chi connectivity index (χ3v) is 2.16. The van der Waals surface area contributed by atoms with Crippen molar-refractivity contribution < 1.29 is 9.18 Å². The van der Waals surface area contributed by atoms with E-state index >= 15 is 0 Å². The van der Waals surface area contributed by atoms with Crippen LogP contribution in [-0.4, -0.2) is 15.4 Å². The summed E-state index contributed by atoms with van der Waals surface area (Å²) in [4.78, 5) is 11.0. The minimum absolute atomic E-state index is 0.265. The van der Waals surface area contributed by atoms with Crippen LogP contribution in [0.2, 0.25) is 0 Å². The Morgan fingerprint density at radius 3 is 3.07 bits per heavy atom. The fourth-order valence-electron chi connectivity index (χ4n) is 1.29. The highest BCUT2D eigenvalue weighted by atomic mass is 35.5. The second-order valence-electron chi connectivity index (χ2n) is 2.91. The molecule has 1 unspecified atom stereocenters. The summed E-state index contributed by atoms with van der Waals surface area (Å²) in [5.41, 5.74) is 0.699. The molecule has 1 heterocycles. The number of hydrogen-bond donors (Lipinski definition) is 1. The number of aromatic nitrogens is 2. The van der Waals surface area contributed by atoms with Gasteiger partial charge in [-0.1, -0.05) is 6.08 Å². The first kappa shape index (κ1) is 11.7. The van der Waals surface area contributed by atoms with E-state index in [-0.39, 0.29) is 11.5 Å². The lowest BCUT2D eigenvalue weighted by Gasteiger charge is -2.07. The van der Waals surface area contributed by atoms with Crippen LogP contribution in [0.1, 0.15) is 28.4 Å². The average molecular weight is 229 g/mol. The number of H-pyrrole nitrogens is 1. The number of halogens is 2. The smallest absolute Gasteiger partial charge is 0.255 e. The molecule has 1 atom stereocenters. The van der Waals surface area contributed by atoms with Crippen LogP contribution in [0, 0.1) is 0 Å². The minimum Gasteiger partial charge on any atom is -0.285 e. The molecule has 1 aromatic rings. The van der Waals surface area contributed by atoms with Gasteiger partial charge < -0.3 is 0 Å². The van der Waals surface area contributed by atoms with E-state index in [1.165, 1.54) is 12.3 Å². The van der Waals surface area contributed by atoms with E-state index < -0.39 is 5.24 Å². The monoisotopic (exact) mass is 228 g/mol. The molecule has 0 aliphatic rings. The van der Waals surface area contributed by atoms with Gasteiger partial charge in [-0.3, -0.25) is 9.89 Å². The van der Waals surface area contributed by atoms with Crippen molar-refractivity contribution in [2.75, 3.05) is 0 Å². The lowest BCUT2D eigenvalue weighted by molar-refractivity contribution is 0.108. The highest BCUT2D eigenvalue weighted by Crippen LogP contribution is 2.24. The molecule has 5 heteroatoms. The molecule has 0 saturated heterocycles. The van der Waals surface area contributed by atoms with Crippen LogP contribution in [0.5, 0.6) is 0 Å². The summed E-state index contributed by atoms with van der Waals surface area (Å²) < 4.78 is 12.1. The average Bonchev–Trinajstić information content (AvgIpc) is 2.65. The molecule has 0 aromatic carbocycles. The standard InChI is InChI=1S/C10H10ClFN2O/c1-2-3-7(4-5-12)9-8(10(11)15)6-13-14-9/h2,4-7H,1,3H2,(H,13,14). The predicted octanol–water partition coefficient (Wildman–Crippen LogP) is 2.93. The van der Waals surface area contributed by atoms with Crippen molar-refractivity contribution in [3.63, 3.8) is 0 Å². The first-order valence-corrected chi connectivity index (χ1v) is 4.69. The third-order valence-electron chi connectivity index (χ3n) is 1.96. The van der Waals surface area contributed by atoms with Crippen molar-refractivity contribution in [1.29, 1.82) is 0 Å². The Labute approximate surface area is 91.6 Å². The van der Waals surface area contributed by atoms with Gasteiger partial charge in [-0.05, 0) is 24.1 Å². The molecule has 0 radical (unpaired) electrons. The Bertz CT molecular complexity index is 387. The summed E-state index contributed by atoms with van der Waals surface area (Å²) in [6.45, 7) is 3.55. The SMILES string of the molecule is C=CCC(C=CF)c1n[nH]cc1C(=O)Cl. The molecular formula is C10H10ClFN2O. The first-order chi connectivity index (χ1) is 7.20. The summed E-state index contributed by atoms with van der Waals surface area (Å²) in [5, 5.41) is 5.80. The van der Waals surface area contributed by atoms with Gasteiger partial charge in [-0.25, -0.2) is 4.39 Å². The Hall–Kier alpha value is -1.42. The molecule has 80 valence electrons. The van der Waals surface area contributed by atoms with Gasteiger partial charge in [-0.15, -0.1) is 6.58 Å². The molecule has 1 aromatic heterocycles. The van der Waals surface area contributed by atoms with Gasteiger partial charge in [0.05, 0.1) is 17.6 Å². The van der Waals surface area contributed by atoms with Crippen molar-refractivity contribution in [2.45, 2.75) is 12.3 Å². The predicted molar refractivity (Wildman–Crippen MR) is 56.6 cm³/mol. The van der Waals surface area contributed by atoms with Crippen LogP contribution in [0.15, 0.2) is 31.3 Å². The van der Waals surface area contributed by atoms with E-state index in [9.17, 15) is 9.18 Å². The Morgan fingerprint density at radius 1 is 1.80 bits per heavy atom. The minimum atomic E-state index is -0.611. The number of carbonyl (C=O) groups is 1. The zero-order valence-corrected chi connectivity index (χ0v) is 8.67. The molecule has 0 aliphatic heterocycles.